The maximum absolute atomic E-state index is 11.8. The molecule has 0 saturated carbocycles. The molecule has 0 aliphatic carbocycles. The first kappa shape index (κ1) is 19.7. The van der Waals surface area contributed by atoms with Crippen LogP contribution in [0.15, 0.2) is 24.3 Å². The summed E-state index contributed by atoms with van der Waals surface area (Å²) < 4.78 is 5.09. The number of carbonyl (C=O) groups excluding carboxylic acids is 1. The van der Waals surface area contributed by atoms with Crippen molar-refractivity contribution in [2.75, 3.05) is 13.7 Å². The second kappa shape index (κ2) is 9.60. The van der Waals surface area contributed by atoms with Gasteiger partial charge in [-0.05, 0) is 30.0 Å². The predicted molar refractivity (Wildman–Crippen MR) is 85.6 cm³/mol. The molecule has 0 aromatic heterocycles. The summed E-state index contributed by atoms with van der Waals surface area (Å²) >= 11 is 0. The second-order valence-electron chi connectivity index (χ2n) is 5.27. The Labute approximate surface area is 132 Å². The molecule has 1 aromatic carbocycles. The van der Waals surface area contributed by atoms with Crippen molar-refractivity contribution in [3.8, 4) is 5.75 Å². The van der Waals surface area contributed by atoms with Gasteiger partial charge in [-0.3, -0.25) is 4.79 Å². The van der Waals surface area contributed by atoms with Crippen molar-refractivity contribution in [3.05, 3.63) is 29.8 Å². The van der Waals surface area contributed by atoms with Gasteiger partial charge in [0.1, 0.15) is 5.75 Å². The smallest absolute Gasteiger partial charge is 0.237 e. The number of benzene rings is 1. The molecule has 1 unspecified atom stereocenters. The number of ether oxygens (including phenoxy) is 1. The molecule has 6 heteroatoms. The fraction of sp³-hybridized carbons (Fsp3) is 0.533. The highest BCUT2D eigenvalue weighted by Crippen LogP contribution is 2.18. The number of amides is 1. The van der Waals surface area contributed by atoms with E-state index >= 15 is 0 Å². The number of hydrogen-bond acceptors (Lipinski definition) is 4. The zero-order valence-electron chi connectivity index (χ0n) is 12.7. The molecule has 0 heterocycles. The van der Waals surface area contributed by atoms with Crippen LogP contribution in [-0.4, -0.2) is 30.7 Å². The number of nitrogens with two attached hydrogens (primary N) is 1. The summed E-state index contributed by atoms with van der Waals surface area (Å²) in [6.45, 7) is 4.16. The van der Waals surface area contributed by atoms with E-state index in [1.165, 1.54) is 0 Å². The van der Waals surface area contributed by atoms with Crippen LogP contribution in [0.1, 0.15) is 31.9 Å². The lowest BCUT2D eigenvalue weighted by molar-refractivity contribution is -0.123. The fourth-order valence-corrected chi connectivity index (χ4v) is 1.91. The number of carbonyl (C=O) groups is 1. The molecule has 0 fully saturated rings. The molecule has 1 rings (SSSR count). The molecule has 21 heavy (non-hydrogen) atoms. The number of aliphatic hydroxyl groups excluding tert-OH is 1. The summed E-state index contributed by atoms with van der Waals surface area (Å²) in [6.07, 6.45) is -0.151. The van der Waals surface area contributed by atoms with E-state index in [0.29, 0.717) is 23.7 Å². The van der Waals surface area contributed by atoms with E-state index in [9.17, 15) is 9.90 Å². The second-order valence-corrected chi connectivity index (χ2v) is 5.27. The van der Waals surface area contributed by atoms with Crippen LogP contribution < -0.4 is 15.8 Å². The first-order chi connectivity index (χ1) is 9.43. The maximum Gasteiger partial charge on any atom is 0.237 e. The summed E-state index contributed by atoms with van der Waals surface area (Å²) in [7, 11) is 1.57. The molecule has 1 aromatic rings. The Kier molecular flexibility index (Phi) is 9.01. The minimum absolute atomic E-state index is 0. The highest BCUT2D eigenvalue weighted by atomic mass is 35.5. The van der Waals surface area contributed by atoms with Crippen LogP contribution in [0.2, 0.25) is 0 Å². The van der Waals surface area contributed by atoms with Crippen molar-refractivity contribution in [2.45, 2.75) is 32.4 Å². The number of aliphatic hydroxyl groups is 1. The number of nitrogens with one attached hydrogen (secondary N) is 1. The Hall–Kier alpha value is -1.30. The first-order valence-electron chi connectivity index (χ1n) is 6.79. The van der Waals surface area contributed by atoms with Gasteiger partial charge < -0.3 is 20.9 Å². The van der Waals surface area contributed by atoms with Crippen molar-refractivity contribution in [3.63, 3.8) is 0 Å². The van der Waals surface area contributed by atoms with Crippen molar-refractivity contribution < 1.29 is 14.6 Å². The lowest BCUT2D eigenvalue weighted by Crippen LogP contribution is -2.42. The van der Waals surface area contributed by atoms with Gasteiger partial charge >= 0.3 is 0 Å². The molecular weight excluding hydrogens is 292 g/mol. The zero-order valence-corrected chi connectivity index (χ0v) is 13.5. The molecular formula is C15H25ClN2O3. The minimum Gasteiger partial charge on any atom is -0.497 e. The van der Waals surface area contributed by atoms with Gasteiger partial charge in [-0.25, -0.2) is 0 Å². The van der Waals surface area contributed by atoms with Crippen molar-refractivity contribution in [2.24, 2.45) is 11.7 Å². The van der Waals surface area contributed by atoms with Gasteiger partial charge in [-0.2, -0.15) is 0 Å². The van der Waals surface area contributed by atoms with Crippen molar-refractivity contribution in [1.29, 1.82) is 0 Å². The fourth-order valence-electron chi connectivity index (χ4n) is 1.91. The van der Waals surface area contributed by atoms with Gasteiger partial charge in [0.15, 0.2) is 0 Å². The Morgan fingerprint density at radius 3 is 2.67 bits per heavy atom. The van der Waals surface area contributed by atoms with Crippen LogP contribution in [-0.2, 0) is 4.79 Å². The number of rotatable bonds is 7. The molecule has 4 N–H and O–H groups in total. The molecule has 0 spiro atoms. The molecule has 0 saturated heterocycles. The van der Waals surface area contributed by atoms with E-state index < -0.39 is 12.1 Å². The van der Waals surface area contributed by atoms with Gasteiger partial charge in [0, 0.05) is 6.54 Å². The normalized spacial score (nSPS) is 13.2. The van der Waals surface area contributed by atoms with Crippen LogP contribution in [0.5, 0.6) is 5.75 Å². The third kappa shape index (κ3) is 6.80. The Morgan fingerprint density at radius 1 is 1.43 bits per heavy atom. The van der Waals surface area contributed by atoms with E-state index in [1.807, 2.05) is 13.8 Å². The van der Waals surface area contributed by atoms with E-state index in [4.69, 9.17) is 10.5 Å². The summed E-state index contributed by atoms with van der Waals surface area (Å²) in [5.41, 5.74) is 6.47. The van der Waals surface area contributed by atoms with E-state index in [1.54, 1.807) is 31.4 Å². The number of hydrogen-bond donors (Lipinski definition) is 3. The van der Waals surface area contributed by atoms with Crippen LogP contribution in [0.3, 0.4) is 0 Å². The van der Waals surface area contributed by atoms with Gasteiger partial charge in [0.2, 0.25) is 5.91 Å². The third-order valence-corrected chi connectivity index (χ3v) is 3.01. The number of methoxy groups -OCH3 is 1. The molecule has 0 radical (unpaired) electrons. The van der Waals surface area contributed by atoms with E-state index in [2.05, 4.69) is 5.32 Å². The van der Waals surface area contributed by atoms with Gasteiger partial charge in [0.05, 0.1) is 19.3 Å². The average molecular weight is 317 g/mol. The Bertz CT molecular complexity index is 441. The van der Waals surface area contributed by atoms with Crippen LogP contribution in [0.4, 0.5) is 0 Å². The molecule has 2 atom stereocenters. The Balaban J connectivity index is 0.00000400. The van der Waals surface area contributed by atoms with Gasteiger partial charge in [-0.15, -0.1) is 12.4 Å². The third-order valence-electron chi connectivity index (χ3n) is 3.01. The SMILES string of the molecule is COc1cccc(C(O)CNC(=O)[C@@H](N)CC(C)C)c1.Cl. The van der Waals surface area contributed by atoms with E-state index in [0.717, 1.165) is 0 Å². The molecule has 120 valence electrons. The largest absolute Gasteiger partial charge is 0.497 e. The first-order valence-corrected chi connectivity index (χ1v) is 6.79. The van der Waals surface area contributed by atoms with Crippen LogP contribution in [0, 0.1) is 5.92 Å². The summed E-state index contributed by atoms with van der Waals surface area (Å²) in [6, 6.07) is 6.59. The summed E-state index contributed by atoms with van der Waals surface area (Å²) in [5.74, 6) is 0.795. The minimum atomic E-state index is -0.778. The van der Waals surface area contributed by atoms with Crippen LogP contribution in [0.25, 0.3) is 0 Å². The van der Waals surface area contributed by atoms with Crippen molar-refractivity contribution in [1.82, 2.24) is 5.32 Å². The Morgan fingerprint density at radius 2 is 2.10 bits per heavy atom. The topological polar surface area (TPSA) is 84.6 Å². The zero-order chi connectivity index (χ0) is 15.1. The van der Waals surface area contributed by atoms with E-state index in [-0.39, 0.29) is 24.9 Å². The predicted octanol–water partition coefficient (Wildman–Crippen LogP) is 1.64. The summed E-state index contributed by atoms with van der Waals surface area (Å²) in [4.78, 5) is 11.8. The number of halogens is 1. The lowest BCUT2D eigenvalue weighted by Gasteiger charge is -2.17. The standard InChI is InChI=1S/C15H24N2O3.ClH/c1-10(2)7-13(16)15(19)17-9-14(18)11-5-4-6-12(8-11)20-3;/h4-6,8,10,13-14,18H,7,9,16H2,1-3H3,(H,17,19);1H/t13-,14?;/m0./s1. The van der Waals surface area contributed by atoms with Crippen LogP contribution >= 0.6 is 12.4 Å². The van der Waals surface area contributed by atoms with Gasteiger partial charge in [-0.1, -0.05) is 26.0 Å². The molecule has 0 bridgehead atoms. The quantitative estimate of drug-likeness (QED) is 0.714. The maximum atomic E-state index is 11.8. The molecule has 0 aliphatic rings. The monoisotopic (exact) mass is 316 g/mol. The molecule has 0 aliphatic heterocycles. The molecule has 5 nitrogen and oxygen atoms in total. The van der Waals surface area contributed by atoms with Gasteiger partial charge in [0.25, 0.3) is 0 Å². The lowest BCUT2D eigenvalue weighted by atomic mass is 10.0. The highest BCUT2D eigenvalue weighted by molar-refractivity contribution is 5.85. The summed E-state index contributed by atoms with van der Waals surface area (Å²) in [5, 5.41) is 12.7. The average Bonchev–Trinajstić information content (AvgIpc) is 2.43. The van der Waals surface area contributed by atoms with Crippen molar-refractivity contribution >= 4 is 18.3 Å². The molecule has 1 amide bonds. The highest BCUT2D eigenvalue weighted by Gasteiger charge is 2.16.